The minimum Gasteiger partial charge on any atom is -0.237 e. The number of aromatic amines is 1. The van der Waals surface area contributed by atoms with E-state index in [2.05, 4.69) is 4.98 Å². The van der Waals surface area contributed by atoms with Crippen molar-refractivity contribution in [2.75, 3.05) is 0 Å². The zero-order valence-corrected chi connectivity index (χ0v) is 8.62. The van der Waals surface area contributed by atoms with Crippen LogP contribution in [0.25, 0.3) is 16.7 Å². The van der Waals surface area contributed by atoms with Crippen molar-refractivity contribution in [1.29, 1.82) is 0 Å². The summed E-state index contributed by atoms with van der Waals surface area (Å²) in [6, 6.07) is 11.0. The molecule has 86 valence electrons. The zero-order chi connectivity index (χ0) is 12.0. The summed E-state index contributed by atoms with van der Waals surface area (Å²) in [4.78, 5) is 2.95. The first-order valence-electron chi connectivity index (χ1n) is 5.06. The third kappa shape index (κ3) is 1.46. The number of pyridine rings is 1. The minimum atomic E-state index is -4.37. The van der Waals surface area contributed by atoms with E-state index in [4.69, 9.17) is 0 Å². The van der Waals surface area contributed by atoms with Crippen molar-refractivity contribution in [3.8, 4) is 0 Å². The van der Waals surface area contributed by atoms with Gasteiger partial charge >= 0.3 is 6.18 Å². The largest absolute Gasteiger partial charge is 0.453 e. The molecule has 0 bridgehead atoms. The maximum Gasteiger partial charge on any atom is 0.453 e. The molecule has 2 aromatic heterocycles. The number of para-hydroxylation sites is 2. The predicted molar refractivity (Wildman–Crippen MR) is 56.5 cm³/mol. The van der Waals surface area contributed by atoms with E-state index in [0.29, 0.717) is 16.7 Å². The van der Waals surface area contributed by atoms with Gasteiger partial charge in [-0.05, 0) is 24.3 Å². The van der Waals surface area contributed by atoms with Crippen LogP contribution in [0, 0.1) is 0 Å². The van der Waals surface area contributed by atoms with Gasteiger partial charge in [0.05, 0.1) is 0 Å². The van der Waals surface area contributed by atoms with E-state index in [1.807, 2.05) is 0 Å². The summed E-state index contributed by atoms with van der Waals surface area (Å²) >= 11 is 0. The van der Waals surface area contributed by atoms with Gasteiger partial charge in [-0.3, -0.25) is 0 Å². The number of alkyl halides is 3. The van der Waals surface area contributed by atoms with Crippen LogP contribution in [0.3, 0.4) is 0 Å². The van der Waals surface area contributed by atoms with E-state index in [9.17, 15) is 13.2 Å². The van der Waals surface area contributed by atoms with Crippen molar-refractivity contribution in [3.05, 3.63) is 48.2 Å². The highest BCUT2D eigenvalue weighted by atomic mass is 19.4. The third-order valence-corrected chi connectivity index (χ3v) is 2.69. The molecule has 0 radical (unpaired) electrons. The molecule has 0 unspecified atom stereocenters. The molecule has 17 heavy (non-hydrogen) atoms. The van der Waals surface area contributed by atoms with Gasteiger partial charge < -0.3 is 0 Å². The van der Waals surface area contributed by atoms with Crippen molar-refractivity contribution >= 4 is 16.7 Å². The Morgan fingerprint density at radius 3 is 2.47 bits per heavy atom. The number of halogens is 3. The first kappa shape index (κ1) is 10.1. The second-order valence-corrected chi connectivity index (χ2v) is 3.77. The topological polar surface area (TPSA) is 19.9 Å². The minimum absolute atomic E-state index is 0.432. The van der Waals surface area contributed by atoms with Crippen LogP contribution in [0.5, 0.6) is 0 Å². The van der Waals surface area contributed by atoms with Gasteiger partial charge in [-0.15, -0.1) is 0 Å². The summed E-state index contributed by atoms with van der Waals surface area (Å²) in [6.07, 6.45) is -4.37. The molecular weight excluding hydrogens is 229 g/mol. The quantitative estimate of drug-likeness (QED) is 0.580. The molecule has 0 spiro atoms. The number of H-pyrrole nitrogens is 1. The summed E-state index contributed by atoms with van der Waals surface area (Å²) in [5.74, 6) is 0. The number of fused-ring (bicyclic) bond motifs is 3. The maximum absolute atomic E-state index is 12.9. The number of imidazole rings is 1. The second kappa shape index (κ2) is 3.23. The van der Waals surface area contributed by atoms with Crippen LogP contribution in [-0.2, 0) is 6.18 Å². The van der Waals surface area contributed by atoms with Gasteiger partial charge in [0.2, 0.25) is 5.69 Å². The number of nitrogens with one attached hydrogen (secondary N) is 1. The summed E-state index contributed by atoms with van der Waals surface area (Å²) in [5, 5.41) is 0. The molecule has 0 saturated heterocycles. The van der Waals surface area contributed by atoms with Crippen molar-refractivity contribution in [2.24, 2.45) is 0 Å². The average molecular weight is 237 g/mol. The molecular formula is C12H8F3N2+. The number of aromatic nitrogens is 2. The summed E-state index contributed by atoms with van der Waals surface area (Å²) in [5.41, 5.74) is 0.966. The van der Waals surface area contributed by atoms with E-state index in [-0.39, 0.29) is 0 Å². The number of nitrogens with zero attached hydrogens (tertiary/aromatic N) is 1. The smallest absolute Gasteiger partial charge is 0.237 e. The summed E-state index contributed by atoms with van der Waals surface area (Å²) < 4.78 is 39.9. The lowest BCUT2D eigenvalue weighted by Gasteiger charge is -2.04. The van der Waals surface area contributed by atoms with E-state index in [1.54, 1.807) is 30.3 Å². The Hall–Kier alpha value is -2.04. The Bertz CT molecular complexity index is 698. The molecule has 0 amide bonds. The maximum atomic E-state index is 12.9. The molecule has 1 aromatic carbocycles. The second-order valence-electron chi connectivity index (χ2n) is 3.77. The van der Waals surface area contributed by atoms with Gasteiger partial charge in [0.25, 0.3) is 5.65 Å². The van der Waals surface area contributed by atoms with Crippen molar-refractivity contribution < 1.29 is 17.6 Å². The molecule has 1 N–H and O–H groups in total. The molecule has 0 atom stereocenters. The Balaban J connectivity index is 2.52. The molecule has 2 nitrogen and oxygen atoms in total. The highest BCUT2D eigenvalue weighted by Crippen LogP contribution is 2.27. The summed E-state index contributed by atoms with van der Waals surface area (Å²) in [6.45, 7) is 0. The molecule has 0 saturated carbocycles. The lowest BCUT2D eigenvalue weighted by molar-refractivity contribution is -0.515. The lowest BCUT2D eigenvalue weighted by atomic mass is 10.3. The summed E-state index contributed by atoms with van der Waals surface area (Å²) in [7, 11) is 0. The van der Waals surface area contributed by atoms with Crippen molar-refractivity contribution in [3.63, 3.8) is 0 Å². The molecule has 3 rings (SSSR count). The third-order valence-electron chi connectivity index (χ3n) is 2.69. The molecule has 3 aromatic rings. The van der Waals surface area contributed by atoms with Crippen LogP contribution >= 0.6 is 0 Å². The van der Waals surface area contributed by atoms with Crippen LogP contribution in [0.15, 0.2) is 42.5 Å². The molecule has 0 aliphatic rings. The fourth-order valence-electron chi connectivity index (χ4n) is 2.00. The van der Waals surface area contributed by atoms with Crippen LogP contribution in [0.1, 0.15) is 5.69 Å². The highest BCUT2D eigenvalue weighted by Gasteiger charge is 2.38. The highest BCUT2D eigenvalue weighted by molar-refractivity contribution is 5.74. The Morgan fingerprint density at radius 1 is 0.941 bits per heavy atom. The van der Waals surface area contributed by atoms with E-state index >= 15 is 0 Å². The lowest BCUT2D eigenvalue weighted by Crippen LogP contribution is -2.31. The van der Waals surface area contributed by atoms with Crippen LogP contribution in [0.2, 0.25) is 0 Å². The van der Waals surface area contributed by atoms with Crippen LogP contribution < -0.4 is 4.40 Å². The standard InChI is InChI=1S/C12H7F3N2/c13-12(14,15)10-6-3-7-11-16-8-4-1-2-5-9(8)17(10)11/h1-7H/p+1. The van der Waals surface area contributed by atoms with Gasteiger partial charge in [-0.2, -0.15) is 17.6 Å². The van der Waals surface area contributed by atoms with Crippen molar-refractivity contribution in [2.45, 2.75) is 6.18 Å². The number of hydrogen-bond donors (Lipinski definition) is 1. The van der Waals surface area contributed by atoms with E-state index in [1.165, 1.54) is 10.5 Å². The van der Waals surface area contributed by atoms with Crippen LogP contribution in [-0.4, -0.2) is 4.98 Å². The Morgan fingerprint density at radius 2 is 1.71 bits per heavy atom. The fourth-order valence-corrected chi connectivity index (χ4v) is 2.00. The van der Waals surface area contributed by atoms with Gasteiger partial charge in [-0.25, -0.2) is 4.98 Å². The molecule has 2 heterocycles. The molecule has 5 heteroatoms. The van der Waals surface area contributed by atoms with Gasteiger partial charge in [-0.1, -0.05) is 12.1 Å². The molecule has 0 fully saturated rings. The number of benzene rings is 1. The fraction of sp³-hybridized carbons (Fsp3) is 0.0833. The Labute approximate surface area is 94.3 Å². The van der Waals surface area contributed by atoms with E-state index in [0.717, 1.165) is 6.07 Å². The average Bonchev–Trinajstić information content (AvgIpc) is 2.65. The van der Waals surface area contributed by atoms with Crippen molar-refractivity contribution in [1.82, 2.24) is 4.98 Å². The van der Waals surface area contributed by atoms with Gasteiger partial charge in [0.1, 0.15) is 0 Å². The SMILES string of the molecule is FC(F)(F)c1cccc2[nH]c3ccccc3[n+]12. The first-order chi connectivity index (χ1) is 8.07. The first-order valence-corrected chi connectivity index (χ1v) is 5.06. The van der Waals surface area contributed by atoms with Gasteiger partial charge in [0, 0.05) is 6.07 Å². The zero-order valence-electron chi connectivity index (χ0n) is 8.62. The van der Waals surface area contributed by atoms with Gasteiger partial charge in [0.15, 0.2) is 11.0 Å². The van der Waals surface area contributed by atoms with Crippen LogP contribution in [0.4, 0.5) is 13.2 Å². The number of rotatable bonds is 0. The van der Waals surface area contributed by atoms with E-state index < -0.39 is 11.9 Å². The number of hydrogen-bond acceptors (Lipinski definition) is 0. The monoisotopic (exact) mass is 237 g/mol. The predicted octanol–water partition coefficient (Wildman–Crippen LogP) is 2.93. The Kier molecular flexibility index (Phi) is 1.92. The molecule has 0 aliphatic heterocycles. The normalized spacial score (nSPS) is 12.4. The molecule has 0 aliphatic carbocycles.